The highest BCUT2D eigenvalue weighted by atomic mass is 32.2. The predicted molar refractivity (Wildman–Crippen MR) is 135 cm³/mol. The lowest BCUT2D eigenvalue weighted by Crippen LogP contribution is -2.32. The van der Waals surface area contributed by atoms with Crippen molar-refractivity contribution < 1.29 is 23.8 Å². The second kappa shape index (κ2) is 10.1. The van der Waals surface area contributed by atoms with E-state index in [0.717, 1.165) is 11.3 Å². The molecule has 0 radical (unpaired) electrons. The van der Waals surface area contributed by atoms with E-state index in [1.165, 1.54) is 23.8 Å². The molecule has 8 nitrogen and oxygen atoms in total. The van der Waals surface area contributed by atoms with Crippen LogP contribution in [0.1, 0.15) is 12.0 Å². The first kappa shape index (κ1) is 22.8. The standard InChI is InChI=1S/C26H23N3O5S/c1-32-20-10-6-5-9-19(20)29-24(30)14-23(25(29)31)35-26(28-18-7-3-2-4-8-18)27-15-17-11-12-21-22(13-17)34-16-33-21/h2-13,23H,14-16H2,1H3,(H,27,28). The van der Waals surface area contributed by atoms with Gasteiger partial charge >= 0.3 is 0 Å². The maximum absolute atomic E-state index is 13.3. The number of nitrogens with zero attached hydrogens (tertiary/aromatic N) is 2. The van der Waals surface area contributed by atoms with Crippen molar-refractivity contribution in [2.45, 2.75) is 18.2 Å². The minimum Gasteiger partial charge on any atom is -0.495 e. The number of para-hydroxylation sites is 3. The van der Waals surface area contributed by atoms with Crippen molar-refractivity contribution in [2.75, 3.05) is 24.1 Å². The van der Waals surface area contributed by atoms with Crippen molar-refractivity contribution in [3.8, 4) is 17.2 Å². The summed E-state index contributed by atoms with van der Waals surface area (Å²) in [6, 6.07) is 22.3. The molecule has 1 saturated heterocycles. The van der Waals surface area contributed by atoms with Gasteiger partial charge in [-0.25, -0.2) is 4.90 Å². The maximum Gasteiger partial charge on any atom is 0.248 e. The molecule has 178 valence electrons. The number of amides is 2. The van der Waals surface area contributed by atoms with E-state index in [2.05, 4.69) is 5.32 Å². The minimum atomic E-state index is -0.612. The van der Waals surface area contributed by atoms with Crippen LogP contribution in [0.3, 0.4) is 0 Å². The number of amidine groups is 1. The molecule has 5 rings (SSSR count). The third kappa shape index (κ3) is 4.95. The quantitative estimate of drug-likeness (QED) is 0.311. The molecule has 2 aliphatic heterocycles. The Morgan fingerprint density at radius 2 is 1.83 bits per heavy atom. The van der Waals surface area contributed by atoms with E-state index >= 15 is 0 Å². The van der Waals surface area contributed by atoms with Gasteiger partial charge < -0.3 is 19.5 Å². The molecule has 3 aromatic carbocycles. The molecule has 3 aromatic rings. The number of nitrogens with one attached hydrogen (secondary N) is 1. The summed E-state index contributed by atoms with van der Waals surface area (Å²) >= 11 is 1.25. The molecule has 0 saturated carbocycles. The van der Waals surface area contributed by atoms with Crippen LogP contribution in [0.4, 0.5) is 11.4 Å². The molecule has 1 fully saturated rings. The molecule has 0 spiro atoms. The Morgan fingerprint density at radius 1 is 1.06 bits per heavy atom. The van der Waals surface area contributed by atoms with Gasteiger partial charge in [0.15, 0.2) is 16.7 Å². The molecule has 2 heterocycles. The zero-order valence-electron chi connectivity index (χ0n) is 19.0. The van der Waals surface area contributed by atoms with Crippen molar-refractivity contribution in [2.24, 2.45) is 4.99 Å². The second-order valence-electron chi connectivity index (χ2n) is 7.85. The van der Waals surface area contributed by atoms with Gasteiger partial charge in [0.1, 0.15) is 11.0 Å². The Bertz CT molecular complexity index is 1280. The first-order valence-electron chi connectivity index (χ1n) is 11.0. The molecule has 1 atom stereocenters. The van der Waals surface area contributed by atoms with Gasteiger partial charge in [0.25, 0.3) is 0 Å². The summed E-state index contributed by atoms with van der Waals surface area (Å²) in [4.78, 5) is 32.1. The lowest BCUT2D eigenvalue weighted by atomic mass is 10.2. The molecule has 2 amide bonds. The number of fused-ring (bicyclic) bond motifs is 1. The number of methoxy groups -OCH3 is 1. The second-order valence-corrected chi connectivity index (χ2v) is 9.04. The Kier molecular flexibility index (Phi) is 6.58. The average Bonchev–Trinajstić information content (AvgIpc) is 3.46. The summed E-state index contributed by atoms with van der Waals surface area (Å²) in [6.07, 6.45) is 0.0705. The Balaban J connectivity index is 1.37. The molecule has 0 bridgehead atoms. The highest BCUT2D eigenvalue weighted by Crippen LogP contribution is 2.36. The zero-order chi connectivity index (χ0) is 24.2. The van der Waals surface area contributed by atoms with Gasteiger partial charge in [-0.05, 0) is 42.0 Å². The van der Waals surface area contributed by atoms with Gasteiger partial charge in [-0.15, -0.1) is 0 Å². The van der Waals surface area contributed by atoms with Crippen LogP contribution in [0.5, 0.6) is 17.2 Å². The van der Waals surface area contributed by atoms with Crippen LogP contribution in [0.2, 0.25) is 0 Å². The Labute approximate surface area is 206 Å². The summed E-state index contributed by atoms with van der Waals surface area (Å²) in [5, 5.41) is 3.22. The Morgan fingerprint density at radius 3 is 2.66 bits per heavy atom. The minimum absolute atomic E-state index is 0.0705. The fourth-order valence-electron chi connectivity index (χ4n) is 3.85. The molecule has 1 unspecified atom stereocenters. The number of ether oxygens (including phenoxy) is 3. The number of anilines is 2. The summed E-state index contributed by atoms with van der Waals surface area (Å²) < 4.78 is 16.2. The van der Waals surface area contributed by atoms with Crippen molar-refractivity contribution in [1.82, 2.24) is 0 Å². The molecule has 9 heteroatoms. The lowest BCUT2D eigenvalue weighted by Gasteiger charge is -2.18. The number of thioether (sulfide) groups is 1. The summed E-state index contributed by atoms with van der Waals surface area (Å²) in [5.41, 5.74) is 2.22. The normalized spacial score (nSPS) is 17.1. The molecule has 2 aliphatic rings. The summed E-state index contributed by atoms with van der Waals surface area (Å²) in [6.45, 7) is 0.573. The topological polar surface area (TPSA) is 89.5 Å². The SMILES string of the molecule is COc1ccccc1N1C(=O)CC(SC(=NCc2ccc3c(c2)OCO3)Nc2ccccc2)C1=O. The third-order valence-electron chi connectivity index (χ3n) is 5.55. The number of hydrogen-bond donors (Lipinski definition) is 1. The van der Waals surface area contributed by atoms with Crippen LogP contribution in [-0.2, 0) is 16.1 Å². The van der Waals surface area contributed by atoms with Gasteiger partial charge in [-0.1, -0.05) is 48.2 Å². The number of carbonyl (C=O) groups is 2. The number of hydrogen-bond acceptors (Lipinski definition) is 7. The van der Waals surface area contributed by atoms with E-state index in [4.69, 9.17) is 19.2 Å². The van der Waals surface area contributed by atoms with Crippen LogP contribution < -0.4 is 24.4 Å². The molecular formula is C26H23N3O5S. The summed E-state index contributed by atoms with van der Waals surface area (Å²) in [7, 11) is 1.51. The molecule has 0 aromatic heterocycles. The predicted octanol–water partition coefficient (Wildman–Crippen LogP) is 4.46. The van der Waals surface area contributed by atoms with Gasteiger partial charge in [0.2, 0.25) is 18.6 Å². The fraction of sp³-hybridized carbons (Fsp3) is 0.192. The van der Waals surface area contributed by atoms with Crippen molar-refractivity contribution in [1.29, 1.82) is 0 Å². The van der Waals surface area contributed by atoms with E-state index in [9.17, 15) is 9.59 Å². The molecule has 35 heavy (non-hydrogen) atoms. The van der Waals surface area contributed by atoms with E-state index in [0.29, 0.717) is 34.6 Å². The molecule has 0 aliphatic carbocycles. The smallest absolute Gasteiger partial charge is 0.248 e. The number of aliphatic imine (C=N–C) groups is 1. The van der Waals surface area contributed by atoms with E-state index in [1.54, 1.807) is 24.3 Å². The maximum atomic E-state index is 13.3. The van der Waals surface area contributed by atoms with Gasteiger partial charge in [-0.2, -0.15) is 0 Å². The van der Waals surface area contributed by atoms with Crippen molar-refractivity contribution in [3.63, 3.8) is 0 Å². The van der Waals surface area contributed by atoms with Gasteiger partial charge in [0.05, 0.1) is 19.3 Å². The fourth-order valence-corrected chi connectivity index (χ4v) is 4.87. The van der Waals surface area contributed by atoms with E-state index in [-0.39, 0.29) is 25.0 Å². The van der Waals surface area contributed by atoms with Crippen LogP contribution in [0.15, 0.2) is 77.8 Å². The van der Waals surface area contributed by atoms with Crippen LogP contribution in [0, 0.1) is 0 Å². The van der Waals surface area contributed by atoms with E-state index < -0.39 is 5.25 Å². The van der Waals surface area contributed by atoms with Gasteiger partial charge in [0, 0.05) is 12.1 Å². The van der Waals surface area contributed by atoms with Crippen molar-refractivity contribution >= 4 is 40.1 Å². The largest absolute Gasteiger partial charge is 0.495 e. The average molecular weight is 490 g/mol. The first-order chi connectivity index (χ1) is 17.1. The number of rotatable bonds is 6. The number of benzene rings is 3. The Hall–Kier alpha value is -3.98. The highest BCUT2D eigenvalue weighted by Gasteiger charge is 2.41. The number of carbonyl (C=O) groups excluding carboxylic acids is 2. The summed E-state index contributed by atoms with van der Waals surface area (Å²) in [5.74, 6) is 1.30. The van der Waals surface area contributed by atoms with E-state index in [1.807, 2.05) is 48.5 Å². The van der Waals surface area contributed by atoms with Crippen molar-refractivity contribution in [3.05, 3.63) is 78.4 Å². The number of imide groups is 1. The molecule has 1 N–H and O–H groups in total. The first-order valence-corrected chi connectivity index (χ1v) is 11.9. The van der Waals surface area contributed by atoms with Crippen LogP contribution in [-0.4, -0.2) is 36.1 Å². The van der Waals surface area contributed by atoms with Crippen LogP contribution >= 0.6 is 11.8 Å². The van der Waals surface area contributed by atoms with Crippen LogP contribution in [0.25, 0.3) is 0 Å². The third-order valence-corrected chi connectivity index (χ3v) is 6.66. The lowest BCUT2D eigenvalue weighted by molar-refractivity contribution is -0.121. The van der Waals surface area contributed by atoms with Gasteiger partial charge in [-0.3, -0.25) is 14.6 Å². The molecular weight excluding hydrogens is 466 g/mol. The monoisotopic (exact) mass is 489 g/mol. The zero-order valence-corrected chi connectivity index (χ0v) is 19.8. The highest BCUT2D eigenvalue weighted by molar-refractivity contribution is 8.15.